The number of guanidine groups is 1. The molecule has 2 bridgehead atoms. The summed E-state index contributed by atoms with van der Waals surface area (Å²) in [5.41, 5.74) is 0.775. The standard InChI is InChI=1S/C18H24N4O3/c1-2-19-18(20-9-12-5-3-4-6-15(12)22(23)24)21-10-13-14(11-21)17-8-7-16(13)25-17/h3-6,13-14,16-17H,2,7-11H2,1H3,(H,19,20). The fourth-order valence-electron chi connectivity index (χ4n) is 4.54. The zero-order valence-corrected chi connectivity index (χ0v) is 14.4. The average Bonchev–Trinajstić information content (AvgIpc) is 3.31. The highest BCUT2D eigenvalue weighted by Crippen LogP contribution is 2.47. The summed E-state index contributed by atoms with van der Waals surface area (Å²) in [5.74, 6) is 2.07. The smallest absolute Gasteiger partial charge is 0.274 e. The topological polar surface area (TPSA) is 80.0 Å². The van der Waals surface area contributed by atoms with Gasteiger partial charge in [-0.25, -0.2) is 4.99 Å². The number of nitro groups is 1. The highest BCUT2D eigenvalue weighted by atomic mass is 16.6. The fourth-order valence-corrected chi connectivity index (χ4v) is 4.54. The van der Waals surface area contributed by atoms with Gasteiger partial charge in [0, 0.05) is 37.5 Å². The SMILES string of the molecule is CCNC(=NCc1ccccc1[N+](=O)[O-])N1CC2C3CCC(O3)C2C1. The zero-order chi connectivity index (χ0) is 17.4. The van der Waals surface area contributed by atoms with Gasteiger partial charge in [-0.05, 0) is 19.8 Å². The van der Waals surface area contributed by atoms with Crippen LogP contribution < -0.4 is 5.32 Å². The Kier molecular flexibility index (Phi) is 4.33. The molecule has 134 valence electrons. The molecule has 3 aliphatic rings. The lowest BCUT2D eigenvalue weighted by Crippen LogP contribution is -2.41. The molecule has 3 aliphatic heterocycles. The molecule has 1 N–H and O–H groups in total. The number of rotatable bonds is 4. The van der Waals surface area contributed by atoms with E-state index in [-0.39, 0.29) is 10.6 Å². The Bertz CT molecular complexity index is 675. The summed E-state index contributed by atoms with van der Waals surface area (Å²) in [6, 6.07) is 6.82. The van der Waals surface area contributed by atoms with Gasteiger partial charge in [0.15, 0.2) is 5.96 Å². The van der Waals surface area contributed by atoms with Gasteiger partial charge in [-0.15, -0.1) is 0 Å². The van der Waals surface area contributed by atoms with Crippen LogP contribution >= 0.6 is 0 Å². The van der Waals surface area contributed by atoms with Crippen LogP contribution in [0.25, 0.3) is 0 Å². The van der Waals surface area contributed by atoms with Crippen molar-refractivity contribution in [2.45, 2.75) is 38.5 Å². The van der Waals surface area contributed by atoms with Crippen molar-refractivity contribution in [1.29, 1.82) is 0 Å². The second-order valence-electron chi connectivity index (χ2n) is 7.08. The van der Waals surface area contributed by atoms with E-state index in [1.54, 1.807) is 12.1 Å². The van der Waals surface area contributed by atoms with Crippen LogP contribution in [0.2, 0.25) is 0 Å². The summed E-state index contributed by atoms with van der Waals surface area (Å²) in [5, 5.41) is 14.5. The van der Waals surface area contributed by atoms with E-state index in [1.165, 1.54) is 18.9 Å². The van der Waals surface area contributed by atoms with E-state index in [9.17, 15) is 10.1 Å². The third-order valence-corrected chi connectivity index (χ3v) is 5.67. The molecule has 0 aromatic heterocycles. The molecule has 3 fully saturated rings. The van der Waals surface area contributed by atoms with Crippen molar-refractivity contribution in [3.05, 3.63) is 39.9 Å². The van der Waals surface area contributed by atoms with E-state index in [4.69, 9.17) is 9.73 Å². The van der Waals surface area contributed by atoms with Crippen LogP contribution in [0.3, 0.4) is 0 Å². The Morgan fingerprint density at radius 2 is 2.00 bits per heavy atom. The van der Waals surface area contributed by atoms with Crippen molar-refractivity contribution in [3.8, 4) is 0 Å². The highest BCUT2D eigenvalue weighted by Gasteiger charge is 2.53. The number of benzene rings is 1. The quantitative estimate of drug-likeness (QED) is 0.392. The molecule has 3 heterocycles. The minimum absolute atomic E-state index is 0.131. The number of fused-ring (bicyclic) bond motifs is 5. The van der Waals surface area contributed by atoms with Crippen LogP contribution in [0, 0.1) is 22.0 Å². The van der Waals surface area contributed by atoms with Crippen molar-refractivity contribution in [2.24, 2.45) is 16.8 Å². The molecule has 4 unspecified atom stereocenters. The Labute approximate surface area is 147 Å². The van der Waals surface area contributed by atoms with E-state index in [0.717, 1.165) is 25.6 Å². The van der Waals surface area contributed by atoms with Crippen LogP contribution in [0.5, 0.6) is 0 Å². The van der Waals surface area contributed by atoms with Gasteiger partial charge in [0.1, 0.15) is 0 Å². The van der Waals surface area contributed by atoms with Crippen LogP contribution in [-0.4, -0.2) is 47.6 Å². The number of hydrogen-bond donors (Lipinski definition) is 1. The average molecular weight is 344 g/mol. The molecule has 4 atom stereocenters. The van der Waals surface area contributed by atoms with Crippen LogP contribution in [0.15, 0.2) is 29.3 Å². The summed E-state index contributed by atoms with van der Waals surface area (Å²) in [7, 11) is 0. The van der Waals surface area contributed by atoms with E-state index >= 15 is 0 Å². The van der Waals surface area contributed by atoms with Gasteiger partial charge in [-0.1, -0.05) is 18.2 Å². The Morgan fingerprint density at radius 3 is 2.64 bits per heavy atom. The number of nitrogens with one attached hydrogen (secondary N) is 1. The van der Waals surface area contributed by atoms with Gasteiger partial charge in [0.05, 0.1) is 29.2 Å². The van der Waals surface area contributed by atoms with E-state index in [2.05, 4.69) is 10.2 Å². The monoisotopic (exact) mass is 344 g/mol. The second-order valence-corrected chi connectivity index (χ2v) is 7.08. The summed E-state index contributed by atoms with van der Waals surface area (Å²) < 4.78 is 6.04. The molecule has 0 aliphatic carbocycles. The Morgan fingerprint density at radius 1 is 1.32 bits per heavy atom. The van der Waals surface area contributed by atoms with Crippen LogP contribution in [0.4, 0.5) is 5.69 Å². The fraction of sp³-hybridized carbons (Fsp3) is 0.611. The predicted molar refractivity (Wildman–Crippen MR) is 94.4 cm³/mol. The van der Waals surface area contributed by atoms with Crippen molar-refractivity contribution in [3.63, 3.8) is 0 Å². The zero-order valence-electron chi connectivity index (χ0n) is 14.4. The van der Waals surface area contributed by atoms with Crippen LogP contribution in [-0.2, 0) is 11.3 Å². The Hall–Kier alpha value is -2.15. The third kappa shape index (κ3) is 2.97. The first kappa shape index (κ1) is 16.3. The molecule has 25 heavy (non-hydrogen) atoms. The molecular weight excluding hydrogens is 320 g/mol. The first-order chi connectivity index (χ1) is 12.2. The maximum Gasteiger partial charge on any atom is 0.274 e. The molecule has 4 rings (SSSR count). The minimum Gasteiger partial charge on any atom is -0.374 e. The van der Waals surface area contributed by atoms with Gasteiger partial charge in [0.25, 0.3) is 5.69 Å². The van der Waals surface area contributed by atoms with Gasteiger partial charge in [-0.3, -0.25) is 10.1 Å². The normalized spacial score (nSPS) is 30.6. The molecule has 7 nitrogen and oxygen atoms in total. The van der Waals surface area contributed by atoms with Crippen molar-refractivity contribution in [1.82, 2.24) is 10.2 Å². The molecule has 1 aromatic rings. The first-order valence-corrected chi connectivity index (χ1v) is 9.08. The van der Waals surface area contributed by atoms with Gasteiger partial charge in [0.2, 0.25) is 0 Å². The maximum atomic E-state index is 11.2. The lowest BCUT2D eigenvalue weighted by atomic mass is 9.82. The molecular formula is C18H24N4O3. The minimum atomic E-state index is -0.340. The van der Waals surface area contributed by atoms with Crippen LogP contribution in [0.1, 0.15) is 25.3 Å². The maximum absolute atomic E-state index is 11.2. The highest BCUT2D eigenvalue weighted by molar-refractivity contribution is 5.80. The number of para-hydroxylation sites is 1. The molecule has 0 amide bonds. The van der Waals surface area contributed by atoms with Gasteiger partial charge < -0.3 is 15.0 Å². The summed E-state index contributed by atoms with van der Waals surface area (Å²) >= 11 is 0. The third-order valence-electron chi connectivity index (χ3n) is 5.67. The number of nitro benzene ring substituents is 1. The largest absolute Gasteiger partial charge is 0.374 e. The first-order valence-electron chi connectivity index (χ1n) is 9.08. The number of aliphatic imine (C=N–C) groups is 1. The lowest BCUT2D eigenvalue weighted by Gasteiger charge is -2.23. The number of likely N-dealkylation sites (tertiary alicyclic amines) is 1. The van der Waals surface area contributed by atoms with E-state index < -0.39 is 0 Å². The van der Waals surface area contributed by atoms with Crippen molar-refractivity contribution in [2.75, 3.05) is 19.6 Å². The molecule has 7 heteroatoms. The number of hydrogen-bond acceptors (Lipinski definition) is 4. The van der Waals surface area contributed by atoms with Gasteiger partial charge in [-0.2, -0.15) is 0 Å². The lowest BCUT2D eigenvalue weighted by molar-refractivity contribution is -0.385. The summed E-state index contributed by atoms with van der Waals surface area (Å²) in [4.78, 5) is 17.8. The summed E-state index contributed by atoms with van der Waals surface area (Å²) in [6.45, 7) is 5.08. The number of ether oxygens (including phenoxy) is 1. The van der Waals surface area contributed by atoms with E-state index in [0.29, 0.717) is 36.2 Å². The van der Waals surface area contributed by atoms with Crippen molar-refractivity contribution < 1.29 is 9.66 Å². The molecule has 0 spiro atoms. The second kappa shape index (κ2) is 6.63. The van der Waals surface area contributed by atoms with Gasteiger partial charge >= 0.3 is 0 Å². The van der Waals surface area contributed by atoms with Crippen molar-refractivity contribution >= 4 is 11.6 Å². The molecule has 3 saturated heterocycles. The van der Waals surface area contributed by atoms with E-state index in [1.807, 2.05) is 13.0 Å². The Balaban J connectivity index is 1.50. The number of nitrogens with zero attached hydrogens (tertiary/aromatic N) is 3. The summed E-state index contributed by atoms with van der Waals surface area (Å²) in [6.07, 6.45) is 3.20. The predicted octanol–water partition coefficient (Wildman–Crippen LogP) is 2.17. The molecule has 0 radical (unpaired) electrons. The molecule has 0 saturated carbocycles. The molecule has 1 aromatic carbocycles.